The molecule has 0 aromatic rings. The van der Waals surface area contributed by atoms with Crippen molar-refractivity contribution in [1.82, 2.24) is 9.80 Å². The molecular formula is C10H16N2O. The smallest absolute Gasteiger partial charge is 0.241 e. The zero-order valence-corrected chi connectivity index (χ0v) is 8.45. The van der Waals surface area contributed by atoms with E-state index in [1.165, 1.54) is 5.57 Å². The monoisotopic (exact) mass is 180 g/mol. The summed E-state index contributed by atoms with van der Waals surface area (Å²) < 4.78 is 0. The van der Waals surface area contributed by atoms with Crippen molar-refractivity contribution in [2.24, 2.45) is 0 Å². The maximum Gasteiger partial charge on any atom is 0.241 e. The molecule has 0 aromatic heterocycles. The Hall–Kier alpha value is -1.25. The summed E-state index contributed by atoms with van der Waals surface area (Å²) in [6.45, 7) is 3.33. The molecule has 3 heteroatoms. The highest BCUT2D eigenvalue weighted by Crippen LogP contribution is 2.05. The van der Waals surface area contributed by atoms with Crippen molar-refractivity contribution in [3.8, 4) is 0 Å². The molecule has 0 saturated carbocycles. The van der Waals surface area contributed by atoms with Crippen molar-refractivity contribution in [2.45, 2.75) is 6.92 Å². The van der Waals surface area contributed by atoms with Gasteiger partial charge < -0.3 is 9.80 Å². The number of allylic oxidation sites excluding steroid dienone is 2. The topological polar surface area (TPSA) is 23.6 Å². The highest BCUT2D eigenvalue weighted by atomic mass is 16.2. The fourth-order valence-electron chi connectivity index (χ4n) is 1.18. The van der Waals surface area contributed by atoms with E-state index < -0.39 is 0 Å². The molecule has 0 aliphatic carbocycles. The molecule has 1 amide bonds. The van der Waals surface area contributed by atoms with Gasteiger partial charge in [-0.3, -0.25) is 4.79 Å². The predicted molar refractivity (Wildman–Crippen MR) is 53.2 cm³/mol. The summed E-state index contributed by atoms with van der Waals surface area (Å²) in [6.07, 6.45) is 6.15. The lowest BCUT2D eigenvalue weighted by molar-refractivity contribution is -0.129. The van der Waals surface area contributed by atoms with E-state index in [0.29, 0.717) is 6.54 Å². The minimum Gasteiger partial charge on any atom is -0.364 e. The number of rotatable bonds is 2. The van der Waals surface area contributed by atoms with Crippen LogP contribution in [0.15, 0.2) is 23.9 Å². The van der Waals surface area contributed by atoms with E-state index in [1.807, 2.05) is 18.0 Å². The molecule has 0 saturated heterocycles. The second-order valence-electron chi connectivity index (χ2n) is 3.49. The number of carbonyl (C=O) groups excluding carboxylic acids is 1. The van der Waals surface area contributed by atoms with Gasteiger partial charge in [-0.15, -0.1) is 0 Å². The molecular weight excluding hydrogens is 164 g/mol. The highest BCUT2D eigenvalue weighted by molar-refractivity contribution is 5.77. The summed E-state index contributed by atoms with van der Waals surface area (Å²) in [5.41, 5.74) is 1.19. The number of hydrogen-bond donors (Lipinski definition) is 0. The fraction of sp³-hybridized carbons (Fsp3) is 0.500. The van der Waals surface area contributed by atoms with E-state index in [0.717, 1.165) is 6.54 Å². The van der Waals surface area contributed by atoms with Crippen molar-refractivity contribution in [3.05, 3.63) is 23.9 Å². The molecule has 0 bridgehead atoms. The Bertz CT molecular complexity index is 254. The quantitative estimate of drug-likeness (QED) is 0.629. The summed E-state index contributed by atoms with van der Waals surface area (Å²) in [6, 6.07) is 0. The Morgan fingerprint density at radius 3 is 2.85 bits per heavy atom. The van der Waals surface area contributed by atoms with E-state index in [2.05, 4.69) is 12.2 Å². The summed E-state index contributed by atoms with van der Waals surface area (Å²) in [5, 5.41) is 0. The molecule has 1 aliphatic rings. The largest absolute Gasteiger partial charge is 0.364 e. The Labute approximate surface area is 79.3 Å². The van der Waals surface area contributed by atoms with Crippen LogP contribution in [0.2, 0.25) is 0 Å². The van der Waals surface area contributed by atoms with Crippen LogP contribution in [0.4, 0.5) is 0 Å². The van der Waals surface area contributed by atoms with Crippen molar-refractivity contribution in [3.63, 3.8) is 0 Å². The lowest BCUT2D eigenvalue weighted by Gasteiger charge is -2.23. The molecule has 3 nitrogen and oxygen atoms in total. The summed E-state index contributed by atoms with van der Waals surface area (Å²) in [4.78, 5) is 15.0. The van der Waals surface area contributed by atoms with Gasteiger partial charge in [-0.1, -0.05) is 12.2 Å². The second-order valence-corrected chi connectivity index (χ2v) is 3.49. The van der Waals surface area contributed by atoms with Gasteiger partial charge in [0.15, 0.2) is 0 Å². The molecule has 0 N–H and O–H groups in total. The fourth-order valence-corrected chi connectivity index (χ4v) is 1.18. The third kappa shape index (κ3) is 2.93. The second kappa shape index (κ2) is 4.12. The van der Waals surface area contributed by atoms with Gasteiger partial charge in [0.1, 0.15) is 0 Å². The molecule has 72 valence electrons. The Balaban J connectivity index is 2.47. The van der Waals surface area contributed by atoms with Crippen molar-refractivity contribution in [1.29, 1.82) is 0 Å². The van der Waals surface area contributed by atoms with Crippen LogP contribution in [-0.4, -0.2) is 42.9 Å². The van der Waals surface area contributed by atoms with E-state index in [9.17, 15) is 4.79 Å². The van der Waals surface area contributed by atoms with Crippen molar-refractivity contribution in [2.75, 3.05) is 27.2 Å². The molecule has 0 unspecified atom stereocenters. The van der Waals surface area contributed by atoms with Crippen LogP contribution >= 0.6 is 0 Å². The van der Waals surface area contributed by atoms with Crippen molar-refractivity contribution < 1.29 is 4.79 Å². The van der Waals surface area contributed by atoms with Gasteiger partial charge in [0.05, 0.1) is 6.54 Å². The number of carbonyl (C=O) groups is 1. The number of amides is 1. The van der Waals surface area contributed by atoms with Gasteiger partial charge in [0, 0.05) is 26.8 Å². The van der Waals surface area contributed by atoms with Crippen LogP contribution < -0.4 is 0 Å². The Kier molecular flexibility index (Phi) is 3.12. The normalized spacial score (nSPS) is 15.6. The summed E-state index contributed by atoms with van der Waals surface area (Å²) in [5.74, 6) is 0.138. The first-order valence-electron chi connectivity index (χ1n) is 4.39. The minimum atomic E-state index is 0.138. The molecule has 0 fully saturated rings. The number of hydrogen-bond acceptors (Lipinski definition) is 2. The standard InChI is InChI=1S/C10H16N2O/c1-9-5-4-6-12(7-9)8-10(13)11(2)3/h4-5,7H,6,8H2,1-3H3. The van der Waals surface area contributed by atoms with E-state index in [-0.39, 0.29) is 5.91 Å². The van der Waals surface area contributed by atoms with E-state index in [1.54, 1.807) is 19.0 Å². The van der Waals surface area contributed by atoms with Gasteiger partial charge in [0.25, 0.3) is 0 Å². The molecule has 0 aromatic carbocycles. The molecule has 0 radical (unpaired) electrons. The summed E-state index contributed by atoms with van der Waals surface area (Å²) in [7, 11) is 3.55. The zero-order valence-electron chi connectivity index (χ0n) is 8.45. The van der Waals surface area contributed by atoms with Crippen LogP contribution in [0.5, 0.6) is 0 Å². The first-order chi connectivity index (χ1) is 6.09. The summed E-state index contributed by atoms with van der Waals surface area (Å²) >= 11 is 0. The number of nitrogens with zero attached hydrogens (tertiary/aromatic N) is 2. The maximum absolute atomic E-state index is 11.3. The zero-order chi connectivity index (χ0) is 9.84. The van der Waals surface area contributed by atoms with Gasteiger partial charge >= 0.3 is 0 Å². The molecule has 1 heterocycles. The lowest BCUT2D eigenvalue weighted by Crippen LogP contribution is -2.34. The van der Waals surface area contributed by atoms with Gasteiger partial charge in [-0.05, 0) is 12.5 Å². The lowest BCUT2D eigenvalue weighted by atomic mass is 10.2. The molecule has 13 heavy (non-hydrogen) atoms. The molecule has 1 rings (SSSR count). The predicted octanol–water partition coefficient (Wildman–Crippen LogP) is 0.850. The average molecular weight is 180 g/mol. The van der Waals surface area contributed by atoms with Crippen LogP contribution in [0.25, 0.3) is 0 Å². The van der Waals surface area contributed by atoms with Crippen LogP contribution in [0.3, 0.4) is 0 Å². The van der Waals surface area contributed by atoms with Gasteiger partial charge in [-0.2, -0.15) is 0 Å². The SMILES string of the molecule is CC1=CN(CC(=O)N(C)C)CC=C1. The van der Waals surface area contributed by atoms with E-state index in [4.69, 9.17) is 0 Å². The van der Waals surface area contributed by atoms with Crippen LogP contribution in [-0.2, 0) is 4.79 Å². The maximum atomic E-state index is 11.3. The van der Waals surface area contributed by atoms with Gasteiger partial charge in [-0.25, -0.2) is 0 Å². The third-order valence-corrected chi connectivity index (χ3v) is 1.94. The molecule has 1 aliphatic heterocycles. The first kappa shape index (κ1) is 9.84. The van der Waals surface area contributed by atoms with Crippen LogP contribution in [0, 0.1) is 0 Å². The number of likely N-dealkylation sites (N-methyl/N-ethyl adjacent to an activating group) is 1. The van der Waals surface area contributed by atoms with Gasteiger partial charge in [0.2, 0.25) is 5.91 Å². The first-order valence-corrected chi connectivity index (χ1v) is 4.39. The van der Waals surface area contributed by atoms with E-state index >= 15 is 0 Å². The molecule has 0 spiro atoms. The third-order valence-electron chi connectivity index (χ3n) is 1.94. The highest BCUT2D eigenvalue weighted by Gasteiger charge is 2.09. The molecule has 0 atom stereocenters. The minimum absolute atomic E-state index is 0.138. The van der Waals surface area contributed by atoms with Crippen molar-refractivity contribution >= 4 is 5.91 Å². The Morgan fingerprint density at radius 1 is 1.62 bits per heavy atom. The van der Waals surface area contributed by atoms with Crippen LogP contribution in [0.1, 0.15) is 6.92 Å². The average Bonchev–Trinajstić information content (AvgIpc) is 2.04. The Morgan fingerprint density at radius 2 is 2.31 bits per heavy atom.